The number of carbonyl (C=O) groups is 2. The van der Waals surface area contributed by atoms with E-state index >= 15 is 0 Å². The third-order valence-corrected chi connectivity index (χ3v) is 2.75. The van der Waals surface area contributed by atoms with Crippen LogP contribution < -0.4 is 5.32 Å². The van der Waals surface area contributed by atoms with E-state index in [0.717, 1.165) is 6.54 Å². The van der Waals surface area contributed by atoms with Crippen LogP contribution in [-0.4, -0.2) is 60.8 Å². The quantitative estimate of drug-likeness (QED) is 0.667. The van der Waals surface area contributed by atoms with E-state index < -0.39 is 12.0 Å². The molecule has 1 rings (SSSR count). The van der Waals surface area contributed by atoms with Crippen LogP contribution in [0.2, 0.25) is 0 Å². The van der Waals surface area contributed by atoms with Crippen molar-refractivity contribution in [1.29, 1.82) is 0 Å². The van der Waals surface area contributed by atoms with Gasteiger partial charge in [-0.05, 0) is 6.92 Å². The first-order valence-corrected chi connectivity index (χ1v) is 5.32. The second kappa shape index (κ2) is 5.81. The summed E-state index contributed by atoms with van der Waals surface area (Å²) in [6, 6.07) is -0.804. The molecule has 92 valence electrons. The van der Waals surface area contributed by atoms with Gasteiger partial charge in [-0.3, -0.25) is 4.79 Å². The molecule has 2 N–H and O–H groups in total. The predicted octanol–water partition coefficient (Wildman–Crippen LogP) is -0.704. The number of hydrogen-bond donors (Lipinski definition) is 2. The number of carboxylic acids is 1. The monoisotopic (exact) mass is 230 g/mol. The maximum absolute atomic E-state index is 11.7. The van der Waals surface area contributed by atoms with Gasteiger partial charge in [0.15, 0.2) is 0 Å². The van der Waals surface area contributed by atoms with Crippen LogP contribution in [0.1, 0.15) is 13.3 Å². The molecule has 6 nitrogen and oxygen atoms in total. The Kier molecular flexibility index (Phi) is 4.70. The maximum Gasteiger partial charge on any atom is 0.326 e. The van der Waals surface area contributed by atoms with Crippen molar-refractivity contribution >= 4 is 11.9 Å². The largest absolute Gasteiger partial charge is 0.480 e. The highest BCUT2D eigenvalue weighted by molar-refractivity contribution is 5.83. The number of amides is 1. The minimum atomic E-state index is -0.997. The Hall–Kier alpha value is -1.14. The summed E-state index contributed by atoms with van der Waals surface area (Å²) in [6.07, 6.45) is 0.272. The molecule has 0 aromatic rings. The van der Waals surface area contributed by atoms with Crippen molar-refractivity contribution in [2.75, 3.05) is 26.8 Å². The molecule has 0 spiro atoms. The Morgan fingerprint density at radius 3 is 2.81 bits per heavy atom. The fourth-order valence-corrected chi connectivity index (χ4v) is 1.49. The molecule has 1 saturated heterocycles. The van der Waals surface area contributed by atoms with Crippen molar-refractivity contribution in [3.05, 3.63) is 0 Å². The van der Waals surface area contributed by atoms with Gasteiger partial charge in [0.25, 0.3) is 0 Å². The standard InChI is InChI=1S/C10H18N2O4/c1-7(10(14)15)12(2)9(13)5-8-6-16-4-3-11-8/h7-8,11H,3-6H2,1-2H3,(H,14,15). The number of carbonyl (C=O) groups excluding carboxylic acids is 1. The van der Waals surface area contributed by atoms with Crippen LogP contribution >= 0.6 is 0 Å². The number of nitrogens with zero attached hydrogens (tertiary/aromatic N) is 1. The average Bonchev–Trinajstić information content (AvgIpc) is 2.28. The molecule has 0 aromatic heterocycles. The normalized spacial score (nSPS) is 22.5. The average molecular weight is 230 g/mol. The lowest BCUT2D eigenvalue weighted by atomic mass is 10.1. The Labute approximate surface area is 94.6 Å². The summed E-state index contributed by atoms with van der Waals surface area (Å²) in [5, 5.41) is 11.9. The lowest BCUT2D eigenvalue weighted by molar-refractivity contribution is -0.148. The van der Waals surface area contributed by atoms with Crippen LogP contribution in [0.25, 0.3) is 0 Å². The number of nitrogens with one attached hydrogen (secondary N) is 1. The minimum absolute atomic E-state index is 0.00954. The number of hydrogen-bond acceptors (Lipinski definition) is 4. The van der Waals surface area contributed by atoms with Crippen LogP contribution in [0.5, 0.6) is 0 Å². The SMILES string of the molecule is CC(C(=O)O)N(C)C(=O)CC1COCCN1. The van der Waals surface area contributed by atoms with E-state index in [2.05, 4.69) is 5.32 Å². The first-order chi connectivity index (χ1) is 7.52. The minimum Gasteiger partial charge on any atom is -0.480 e. The topological polar surface area (TPSA) is 78.9 Å². The second-order valence-electron chi connectivity index (χ2n) is 3.95. The molecule has 0 aromatic carbocycles. The van der Waals surface area contributed by atoms with Gasteiger partial charge in [0, 0.05) is 26.1 Å². The van der Waals surface area contributed by atoms with Gasteiger partial charge in [-0.15, -0.1) is 0 Å². The molecule has 1 aliphatic rings. The lowest BCUT2D eigenvalue weighted by Gasteiger charge is -2.27. The second-order valence-corrected chi connectivity index (χ2v) is 3.95. The number of aliphatic carboxylic acids is 1. The van der Waals surface area contributed by atoms with Crippen LogP contribution in [0.3, 0.4) is 0 Å². The van der Waals surface area contributed by atoms with Gasteiger partial charge >= 0.3 is 5.97 Å². The summed E-state index contributed by atoms with van der Waals surface area (Å²) in [7, 11) is 1.50. The van der Waals surface area contributed by atoms with Gasteiger partial charge in [0.1, 0.15) is 6.04 Å². The van der Waals surface area contributed by atoms with Crippen LogP contribution in [0.15, 0.2) is 0 Å². The van der Waals surface area contributed by atoms with Gasteiger partial charge in [-0.25, -0.2) is 4.79 Å². The summed E-state index contributed by atoms with van der Waals surface area (Å²) in [5.74, 6) is -1.18. The van der Waals surface area contributed by atoms with Gasteiger partial charge < -0.3 is 20.1 Å². The molecule has 0 bridgehead atoms. The molecule has 0 saturated carbocycles. The highest BCUT2D eigenvalue weighted by atomic mass is 16.5. The highest BCUT2D eigenvalue weighted by Gasteiger charge is 2.24. The van der Waals surface area contributed by atoms with Crippen molar-refractivity contribution in [2.45, 2.75) is 25.4 Å². The van der Waals surface area contributed by atoms with Gasteiger partial charge in [-0.1, -0.05) is 0 Å². The smallest absolute Gasteiger partial charge is 0.326 e. The summed E-state index contributed by atoms with van der Waals surface area (Å²) in [4.78, 5) is 23.7. The third kappa shape index (κ3) is 3.46. The Morgan fingerprint density at radius 2 is 2.31 bits per heavy atom. The van der Waals surface area contributed by atoms with E-state index in [1.54, 1.807) is 0 Å². The fourth-order valence-electron chi connectivity index (χ4n) is 1.49. The van der Waals surface area contributed by atoms with E-state index in [1.807, 2.05) is 0 Å². The zero-order valence-corrected chi connectivity index (χ0v) is 9.60. The molecule has 0 radical (unpaired) electrons. The van der Waals surface area contributed by atoms with Crippen LogP contribution in [-0.2, 0) is 14.3 Å². The van der Waals surface area contributed by atoms with Crippen molar-refractivity contribution in [2.24, 2.45) is 0 Å². The summed E-state index contributed by atoms with van der Waals surface area (Å²) < 4.78 is 5.22. The number of rotatable bonds is 4. The first kappa shape index (κ1) is 12.9. The molecule has 1 amide bonds. The molecule has 2 unspecified atom stereocenters. The van der Waals surface area contributed by atoms with Gasteiger partial charge in [0.2, 0.25) is 5.91 Å². The third-order valence-electron chi connectivity index (χ3n) is 2.75. The van der Waals surface area contributed by atoms with E-state index in [4.69, 9.17) is 9.84 Å². The number of likely N-dealkylation sites (N-methyl/N-ethyl adjacent to an activating group) is 1. The van der Waals surface area contributed by atoms with Gasteiger partial charge in [-0.2, -0.15) is 0 Å². The molecule has 0 aliphatic carbocycles. The molecular formula is C10H18N2O4. The van der Waals surface area contributed by atoms with Crippen molar-refractivity contribution in [3.8, 4) is 0 Å². The molecule has 2 atom stereocenters. The molecule has 16 heavy (non-hydrogen) atoms. The summed E-state index contributed by atoms with van der Waals surface area (Å²) >= 11 is 0. The first-order valence-electron chi connectivity index (χ1n) is 5.32. The molecule has 1 aliphatic heterocycles. The Morgan fingerprint density at radius 1 is 1.62 bits per heavy atom. The molecule has 1 heterocycles. The van der Waals surface area contributed by atoms with Crippen LogP contribution in [0.4, 0.5) is 0 Å². The lowest BCUT2D eigenvalue weighted by Crippen LogP contribution is -2.47. The van der Waals surface area contributed by atoms with Gasteiger partial charge in [0.05, 0.1) is 13.2 Å². The summed E-state index contributed by atoms with van der Waals surface area (Å²) in [6.45, 7) is 3.38. The van der Waals surface area contributed by atoms with Crippen molar-refractivity contribution in [1.82, 2.24) is 10.2 Å². The fraction of sp³-hybridized carbons (Fsp3) is 0.800. The van der Waals surface area contributed by atoms with Crippen molar-refractivity contribution in [3.63, 3.8) is 0 Å². The Bertz CT molecular complexity index is 264. The highest BCUT2D eigenvalue weighted by Crippen LogP contribution is 2.04. The maximum atomic E-state index is 11.7. The van der Waals surface area contributed by atoms with Crippen LogP contribution in [0, 0.1) is 0 Å². The number of ether oxygens (including phenoxy) is 1. The number of morpholine rings is 1. The molecular weight excluding hydrogens is 212 g/mol. The Balaban J connectivity index is 2.41. The van der Waals surface area contributed by atoms with E-state index in [0.29, 0.717) is 13.2 Å². The molecule has 6 heteroatoms. The van der Waals surface area contributed by atoms with E-state index in [1.165, 1.54) is 18.9 Å². The number of carboxylic acid groups (broad SMARTS) is 1. The molecule has 1 fully saturated rings. The predicted molar refractivity (Wildman–Crippen MR) is 57.1 cm³/mol. The van der Waals surface area contributed by atoms with Crippen molar-refractivity contribution < 1.29 is 19.4 Å². The zero-order chi connectivity index (χ0) is 12.1. The van der Waals surface area contributed by atoms with E-state index in [-0.39, 0.29) is 18.4 Å². The van der Waals surface area contributed by atoms with E-state index in [9.17, 15) is 9.59 Å². The summed E-state index contributed by atoms with van der Waals surface area (Å²) in [5.41, 5.74) is 0. The zero-order valence-electron chi connectivity index (χ0n) is 9.60.